The van der Waals surface area contributed by atoms with Crippen molar-refractivity contribution in [3.63, 3.8) is 0 Å². The lowest BCUT2D eigenvalue weighted by Gasteiger charge is -2.15. The van der Waals surface area contributed by atoms with Gasteiger partial charge in [-0.1, -0.05) is 0 Å². The first-order chi connectivity index (χ1) is 11.2. The zero-order valence-electron chi connectivity index (χ0n) is 14.3. The van der Waals surface area contributed by atoms with Crippen molar-refractivity contribution in [1.82, 2.24) is 10.2 Å². The quantitative estimate of drug-likeness (QED) is 0.711. The molecule has 1 saturated heterocycles. The molecule has 0 spiro atoms. The molecule has 0 radical (unpaired) electrons. The molecule has 0 unspecified atom stereocenters. The Hall–Kier alpha value is -1.75. The molecule has 1 aliphatic heterocycles. The fourth-order valence-corrected chi connectivity index (χ4v) is 2.81. The predicted molar refractivity (Wildman–Crippen MR) is 91.4 cm³/mol. The van der Waals surface area contributed by atoms with Crippen LogP contribution in [0.5, 0.6) is 11.5 Å². The number of carbonyl (C=O) groups excluding carboxylic acids is 1. The Bertz CT molecular complexity index is 499. The molecular weight excluding hydrogens is 292 g/mol. The number of benzene rings is 1. The van der Waals surface area contributed by atoms with Crippen LogP contribution in [0.3, 0.4) is 0 Å². The van der Waals surface area contributed by atoms with E-state index in [0.29, 0.717) is 36.8 Å². The van der Waals surface area contributed by atoms with Crippen molar-refractivity contribution in [3.05, 3.63) is 23.8 Å². The number of likely N-dealkylation sites (tertiary alicyclic amines) is 1. The summed E-state index contributed by atoms with van der Waals surface area (Å²) in [4.78, 5) is 14.7. The lowest BCUT2D eigenvalue weighted by Crippen LogP contribution is -2.28. The first kappa shape index (κ1) is 17.6. The third-order valence-electron chi connectivity index (χ3n) is 3.94. The molecule has 23 heavy (non-hydrogen) atoms. The predicted octanol–water partition coefficient (Wildman–Crippen LogP) is 2.70. The van der Waals surface area contributed by atoms with Gasteiger partial charge in [0.15, 0.2) is 11.5 Å². The number of nitrogens with one attached hydrogen (secondary N) is 1. The van der Waals surface area contributed by atoms with Crippen molar-refractivity contribution in [2.45, 2.75) is 33.1 Å². The maximum atomic E-state index is 12.2. The molecule has 1 aromatic carbocycles. The lowest BCUT2D eigenvalue weighted by atomic mass is 10.2. The van der Waals surface area contributed by atoms with Gasteiger partial charge in [-0.05, 0) is 70.9 Å². The molecule has 2 rings (SSSR count). The molecule has 1 fully saturated rings. The SMILES string of the molecule is CCOc1ccc(C(=O)NCCCN2CCCC2)cc1OCC. The minimum absolute atomic E-state index is 0.0598. The molecule has 0 saturated carbocycles. The summed E-state index contributed by atoms with van der Waals surface area (Å²) in [5, 5.41) is 2.98. The van der Waals surface area contributed by atoms with Crippen molar-refractivity contribution in [3.8, 4) is 11.5 Å². The summed E-state index contributed by atoms with van der Waals surface area (Å²) in [5.74, 6) is 1.24. The fraction of sp³-hybridized carbons (Fsp3) is 0.611. The van der Waals surface area contributed by atoms with Crippen LogP contribution in [0.25, 0.3) is 0 Å². The second kappa shape index (κ2) is 9.40. The van der Waals surface area contributed by atoms with E-state index in [1.165, 1.54) is 25.9 Å². The molecule has 0 aliphatic carbocycles. The van der Waals surface area contributed by atoms with E-state index in [9.17, 15) is 4.79 Å². The molecule has 5 heteroatoms. The van der Waals surface area contributed by atoms with Gasteiger partial charge in [0.25, 0.3) is 5.91 Å². The van der Waals surface area contributed by atoms with Crippen LogP contribution in [0.15, 0.2) is 18.2 Å². The van der Waals surface area contributed by atoms with Gasteiger partial charge in [-0.25, -0.2) is 0 Å². The highest BCUT2D eigenvalue weighted by molar-refractivity contribution is 5.94. The Labute approximate surface area is 139 Å². The van der Waals surface area contributed by atoms with Crippen LogP contribution in [0.1, 0.15) is 43.5 Å². The van der Waals surface area contributed by atoms with Gasteiger partial charge < -0.3 is 19.7 Å². The molecular formula is C18H28N2O3. The molecule has 128 valence electrons. The van der Waals surface area contributed by atoms with Gasteiger partial charge in [0.05, 0.1) is 13.2 Å². The van der Waals surface area contributed by atoms with Gasteiger partial charge in [-0.3, -0.25) is 4.79 Å². The molecule has 1 N–H and O–H groups in total. The maximum Gasteiger partial charge on any atom is 0.251 e. The average Bonchev–Trinajstić information content (AvgIpc) is 3.07. The van der Waals surface area contributed by atoms with Crippen molar-refractivity contribution in [2.75, 3.05) is 39.4 Å². The third kappa shape index (κ3) is 5.43. The van der Waals surface area contributed by atoms with Crippen LogP contribution in [-0.4, -0.2) is 50.2 Å². The average molecular weight is 320 g/mol. The normalized spacial score (nSPS) is 14.7. The summed E-state index contributed by atoms with van der Waals surface area (Å²) in [6.45, 7) is 9.12. The van der Waals surface area contributed by atoms with E-state index in [4.69, 9.17) is 9.47 Å². The zero-order chi connectivity index (χ0) is 16.5. The highest BCUT2D eigenvalue weighted by atomic mass is 16.5. The monoisotopic (exact) mass is 320 g/mol. The molecule has 0 aromatic heterocycles. The summed E-state index contributed by atoms with van der Waals surface area (Å²) in [6, 6.07) is 5.33. The Morgan fingerprint density at radius 1 is 1.13 bits per heavy atom. The van der Waals surface area contributed by atoms with E-state index in [-0.39, 0.29) is 5.91 Å². The van der Waals surface area contributed by atoms with Crippen molar-refractivity contribution < 1.29 is 14.3 Å². The van der Waals surface area contributed by atoms with Crippen LogP contribution in [0.4, 0.5) is 0 Å². The van der Waals surface area contributed by atoms with Gasteiger partial charge in [0.2, 0.25) is 0 Å². The number of nitrogens with zero attached hydrogens (tertiary/aromatic N) is 1. The minimum atomic E-state index is -0.0598. The first-order valence-electron chi connectivity index (χ1n) is 8.64. The number of amides is 1. The fourth-order valence-electron chi connectivity index (χ4n) is 2.81. The number of hydrogen-bond donors (Lipinski definition) is 1. The number of hydrogen-bond acceptors (Lipinski definition) is 4. The Morgan fingerprint density at radius 2 is 1.83 bits per heavy atom. The standard InChI is InChI=1S/C18H28N2O3/c1-3-22-16-9-8-15(14-17(16)23-4-2)18(21)19-10-7-13-20-11-5-6-12-20/h8-9,14H,3-7,10-13H2,1-2H3,(H,19,21). The smallest absolute Gasteiger partial charge is 0.251 e. The molecule has 1 amide bonds. The van der Waals surface area contributed by atoms with Crippen LogP contribution >= 0.6 is 0 Å². The van der Waals surface area contributed by atoms with Crippen LogP contribution in [0, 0.1) is 0 Å². The summed E-state index contributed by atoms with van der Waals surface area (Å²) in [7, 11) is 0. The van der Waals surface area contributed by atoms with E-state index in [0.717, 1.165) is 13.0 Å². The zero-order valence-corrected chi connectivity index (χ0v) is 14.3. The Morgan fingerprint density at radius 3 is 2.52 bits per heavy atom. The summed E-state index contributed by atoms with van der Waals surface area (Å²) >= 11 is 0. The van der Waals surface area contributed by atoms with E-state index in [1.807, 2.05) is 13.8 Å². The van der Waals surface area contributed by atoms with E-state index in [1.54, 1.807) is 18.2 Å². The van der Waals surface area contributed by atoms with Crippen molar-refractivity contribution in [2.24, 2.45) is 0 Å². The molecule has 1 heterocycles. The Kier molecular flexibility index (Phi) is 7.20. The van der Waals surface area contributed by atoms with E-state index >= 15 is 0 Å². The van der Waals surface area contributed by atoms with Crippen molar-refractivity contribution >= 4 is 5.91 Å². The van der Waals surface area contributed by atoms with Crippen LogP contribution < -0.4 is 14.8 Å². The van der Waals surface area contributed by atoms with Gasteiger partial charge >= 0.3 is 0 Å². The van der Waals surface area contributed by atoms with Crippen LogP contribution in [-0.2, 0) is 0 Å². The van der Waals surface area contributed by atoms with Gasteiger partial charge in [0, 0.05) is 12.1 Å². The van der Waals surface area contributed by atoms with Gasteiger partial charge in [-0.2, -0.15) is 0 Å². The lowest BCUT2D eigenvalue weighted by molar-refractivity contribution is 0.0951. The Balaban J connectivity index is 1.84. The third-order valence-corrected chi connectivity index (χ3v) is 3.94. The summed E-state index contributed by atoms with van der Waals surface area (Å²) < 4.78 is 11.1. The molecule has 1 aliphatic rings. The van der Waals surface area contributed by atoms with E-state index < -0.39 is 0 Å². The number of carbonyl (C=O) groups is 1. The molecule has 5 nitrogen and oxygen atoms in total. The highest BCUT2D eigenvalue weighted by Crippen LogP contribution is 2.28. The summed E-state index contributed by atoms with van der Waals surface area (Å²) in [6.07, 6.45) is 3.60. The minimum Gasteiger partial charge on any atom is -0.490 e. The van der Waals surface area contributed by atoms with E-state index in [2.05, 4.69) is 10.2 Å². The number of ether oxygens (including phenoxy) is 2. The number of rotatable bonds is 9. The second-order valence-electron chi connectivity index (χ2n) is 5.69. The summed E-state index contributed by atoms with van der Waals surface area (Å²) in [5.41, 5.74) is 0.609. The topological polar surface area (TPSA) is 50.8 Å². The van der Waals surface area contributed by atoms with Gasteiger partial charge in [-0.15, -0.1) is 0 Å². The second-order valence-corrected chi connectivity index (χ2v) is 5.69. The molecule has 1 aromatic rings. The maximum absolute atomic E-state index is 12.2. The first-order valence-corrected chi connectivity index (χ1v) is 8.64. The van der Waals surface area contributed by atoms with Gasteiger partial charge in [0.1, 0.15) is 0 Å². The molecule has 0 atom stereocenters. The van der Waals surface area contributed by atoms with Crippen LogP contribution in [0.2, 0.25) is 0 Å². The van der Waals surface area contributed by atoms with Crippen molar-refractivity contribution in [1.29, 1.82) is 0 Å². The largest absolute Gasteiger partial charge is 0.490 e. The molecule has 0 bridgehead atoms. The highest BCUT2D eigenvalue weighted by Gasteiger charge is 2.13.